The van der Waals surface area contributed by atoms with Crippen molar-refractivity contribution in [3.05, 3.63) is 5.69 Å². The van der Waals surface area contributed by atoms with Gasteiger partial charge in [-0.25, -0.2) is 4.68 Å². The van der Waals surface area contributed by atoms with Crippen LogP contribution in [0.4, 0.5) is 11.5 Å². The number of nitrogens with zero attached hydrogens (tertiary/aromatic N) is 3. The van der Waals surface area contributed by atoms with Crippen molar-refractivity contribution < 1.29 is 0 Å². The summed E-state index contributed by atoms with van der Waals surface area (Å²) in [7, 11) is 2.19. The molecule has 4 nitrogen and oxygen atoms in total. The Morgan fingerprint density at radius 2 is 1.90 bits per heavy atom. The molecule has 0 radical (unpaired) electrons. The molecule has 114 valence electrons. The lowest BCUT2D eigenvalue weighted by Crippen LogP contribution is -2.36. The molecule has 1 aromatic rings. The number of hydrogen-bond donors (Lipinski definition) is 1. The van der Waals surface area contributed by atoms with Gasteiger partial charge in [-0.15, -0.1) is 0 Å². The Morgan fingerprint density at radius 3 is 2.45 bits per heavy atom. The first-order chi connectivity index (χ1) is 9.58. The van der Waals surface area contributed by atoms with Crippen LogP contribution < -0.4 is 10.6 Å². The standard InChI is InChI=1S/C16H30N4/c1-5-11-20-16(15(17)12(3)18-20)19(4)14-9-7-13(6-2)8-10-14/h13-14H,5-11,17H2,1-4H3. The molecule has 20 heavy (non-hydrogen) atoms. The molecule has 1 aliphatic rings. The molecule has 0 bridgehead atoms. The summed E-state index contributed by atoms with van der Waals surface area (Å²) in [5.41, 5.74) is 8.09. The highest BCUT2D eigenvalue weighted by molar-refractivity contribution is 5.66. The van der Waals surface area contributed by atoms with E-state index < -0.39 is 0 Å². The zero-order valence-electron chi connectivity index (χ0n) is 13.5. The van der Waals surface area contributed by atoms with Gasteiger partial charge in [-0.3, -0.25) is 0 Å². The number of nitrogens with two attached hydrogens (primary N) is 1. The van der Waals surface area contributed by atoms with Crippen molar-refractivity contribution in [1.82, 2.24) is 9.78 Å². The molecule has 0 unspecified atom stereocenters. The van der Waals surface area contributed by atoms with Crippen LogP contribution in [-0.4, -0.2) is 22.9 Å². The average molecular weight is 278 g/mol. The van der Waals surface area contributed by atoms with E-state index in [-0.39, 0.29) is 0 Å². The topological polar surface area (TPSA) is 47.1 Å². The summed E-state index contributed by atoms with van der Waals surface area (Å²) in [6.07, 6.45) is 7.68. The largest absolute Gasteiger partial charge is 0.394 e. The van der Waals surface area contributed by atoms with E-state index in [4.69, 9.17) is 5.73 Å². The highest BCUT2D eigenvalue weighted by atomic mass is 15.4. The van der Waals surface area contributed by atoms with Gasteiger partial charge < -0.3 is 10.6 Å². The van der Waals surface area contributed by atoms with Gasteiger partial charge in [0, 0.05) is 19.6 Å². The van der Waals surface area contributed by atoms with E-state index in [2.05, 4.69) is 35.6 Å². The Hall–Kier alpha value is -1.19. The van der Waals surface area contributed by atoms with Crippen LogP contribution in [0.2, 0.25) is 0 Å². The number of rotatable bonds is 5. The van der Waals surface area contributed by atoms with Gasteiger partial charge in [0.2, 0.25) is 0 Å². The smallest absolute Gasteiger partial charge is 0.150 e. The van der Waals surface area contributed by atoms with Crippen LogP contribution in [-0.2, 0) is 6.54 Å². The molecule has 0 saturated heterocycles. The molecule has 0 aromatic carbocycles. The van der Waals surface area contributed by atoms with Gasteiger partial charge in [0.05, 0.1) is 11.4 Å². The molecule has 0 aliphatic heterocycles. The van der Waals surface area contributed by atoms with Crippen molar-refractivity contribution in [3.63, 3.8) is 0 Å². The Kier molecular flexibility index (Phi) is 4.95. The highest BCUT2D eigenvalue weighted by Crippen LogP contribution is 2.34. The van der Waals surface area contributed by atoms with Crippen LogP contribution in [0.25, 0.3) is 0 Å². The maximum atomic E-state index is 6.27. The molecule has 0 spiro atoms. The van der Waals surface area contributed by atoms with Crippen LogP contribution in [0.5, 0.6) is 0 Å². The summed E-state index contributed by atoms with van der Waals surface area (Å²) < 4.78 is 2.09. The highest BCUT2D eigenvalue weighted by Gasteiger charge is 2.26. The number of hydrogen-bond acceptors (Lipinski definition) is 3. The van der Waals surface area contributed by atoms with E-state index in [9.17, 15) is 0 Å². The third-order valence-electron chi connectivity index (χ3n) is 4.86. The first kappa shape index (κ1) is 15.2. The fourth-order valence-corrected chi connectivity index (χ4v) is 3.44. The Morgan fingerprint density at radius 1 is 1.25 bits per heavy atom. The van der Waals surface area contributed by atoms with Crippen molar-refractivity contribution in [2.45, 2.75) is 71.9 Å². The predicted molar refractivity (Wildman–Crippen MR) is 86.1 cm³/mol. The fraction of sp³-hybridized carbons (Fsp3) is 0.812. The monoisotopic (exact) mass is 278 g/mol. The van der Waals surface area contributed by atoms with Crippen LogP contribution in [0.3, 0.4) is 0 Å². The lowest BCUT2D eigenvalue weighted by atomic mass is 9.84. The maximum absolute atomic E-state index is 6.27. The molecule has 1 saturated carbocycles. The summed E-state index contributed by atoms with van der Waals surface area (Å²) in [6.45, 7) is 7.45. The summed E-state index contributed by atoms with van der Waals surface area (Å²) >= 11 is 0. The quantitative estimate of drug-likeness (QED) is 0.895. The number of aryl methyl sites for hydroxylation is 2. The molecule has 1 aromatic heterocycles. The average Bonchev–Trinajstić information content (AvgIpc) is 2.74. The number of aromatic nitrogens is 2. The van der Waals surface area contributed by atoms with Gasteiger partial charge in [-0.2, -0.15) is 5.10 Å². The second-order valence-electron chi connectivity index (χ2n) is 6.24. The summed E-state index contributed by atoms with van der Waals surface area (Å²) in [4.78, 5) is 2.39. The van der Waals surface area contributed by atoms with E-state index in [0.717, 1.165) is 36.1 Å². The maximum Gasteiger partial charge on any atom is 0.150 e. The van der Waals surface area contributed by atoms with Crippen molar-refractivity contribution in [2.75, 3.05) is 17.7 Å². The molecule has 4 heteroatoms. The van der Waals surface area contributed by atoms with Crippen LogP contribution in [0.15, 0.2) is 0 Å². The Labute approximate surface area is 123 Å². The van der Waals surface area contributed by atoms with Gasteiger partial charge in [-0.05, 0) is 44.9 Å². The van der Waals surface area contributed by atoms with Crippen molar-refractivity contribution in [3.8, 4) is 0 Å². The molecule has 0 atom stereocenters. The molecular formula is C16H30N4. The fourth-order valence-electron chi connectivity index (χ4n) is 3.44. The minimum atomic E-state index is 0.617. The summed E-state index contributed by atoms with van der Waals surface area (Å²) in [6, 6.07) is 0.617. The van der Waals surface area contributed by atoms with E-state index >= 15 is 0 Å². The third kappa shape index (κ3) is 2.94. The summed E-state index contributed by atoms with van der Waals surface area (Å²) in [5, 5.41) is 4.60. The summed E-state index contributed by atoms with van der Waals surface area (Å²) in [5.74, 6) is 2.06. The molecule has 0 amide bonds. The van der Waals surface area contributed by atoms with Gasteiger partial charge in [0.25, 0.3) is 0 Å². The molecular weight excluding hydrogens is 248 g/mol. The zero-order chi connectivity index (χ0) is 14.7. The second-order valence-corrected chi connectivity index (χ2v) is 6.24. The normalized spacial score (nSPS) is 23.0. The van der Waals surface area contributed by atoms with Gasteiger partial charge in [-0.1, -0.05) is 20.3 Å². The third-order valence-corrected chi connectivity index (χ3v) is 4.86. The van der Waals surface area contributed by atoms with E-state index in [0.29, 0.717) is 6.04 Å². The zero-order valence-corrected chi connectivity index (χ0v) is 13.5. The van der Waals surface area contributed by atoms with Crippen molar-refractivity contribution in [1.29, 1.82) is 0 Å². The SMILES string of the molecule is CCCn1nc(C)c(N)c1N(C)C1CCC(CC)CC1. The number of nitrogen functional groups attached to an aromatic ring is 1. The van der Waals surface area contributed by atoms with Gasteiger partial charge in [0.1, 0.15) is 0 Å². The van der Waals surface area contributed by atoms with E-state index in [1.807, 2.05) is 6.92 Å². The van der Waals surface area contributed by atoms with Gasteiger partial charge >= 0.3 is 0 Å². The molecule has 1 fully saturated rings. The minimum absolute atomic E-state index is 0.617. The van der Waals surface area contributed by atoms with E-state index in [1.54, 1.807) is 0 Å². The first-order valence-corrected chi connectivity index (χ1v) is 8.14. The molecule has 2 rings (SSSR count). The first-order valence-electron chi connectivity index (χ1n) is 8.14. The molecule has 1 heterocycles. The van der Waals surface area contributed by atoms with Gasteiger partial charge in [0.15, 0.2) is 5.82 Å². The lowest BCUT2D eigenvalue weighted by Gasteiger charge is -2.36. The van der Waals surface area contributed by atoms with Crippen molar-refractivity contribution >= 4 is 11.5 Å². The Bertz CT molecular complexity index is 430. The van der Waals surface area contributed by atoms with Crippen LogP contribution >= 0.6 is 0 Å². The molecule has 1 aliphatic carbocycles. The predicted octanol–water partition coefficient (Wildman–Crippen LogP) is 3.59. The van der Waals surface area contributed by atoms with Crippen LogP contribution in [0.1, 0.15) is 58.1 Å². The van der Waals surface area contributed by atoms with Crippen LogP contribution in [0, 0.1) is 12.8 Å². The van der Waals surface area contributed by atoms with E-state index in [1.165, 1.54) is 32.1 Å². The molecule has 2 N–H and O–H groups in total. The minimum Gasteiger partial charge on any atom is -0.394 e. The Balaban J connectivity index is 2.14. The van der Waals surface area contributed by atoms with Crippen molar-refractivity contribution in [2.24, 2.45) is 5.92 Å². The number of anilines is 2. The second kappa shape index (κ2) is 6.51. The lowest BCUT2D eigenvalue weighted by molar-refractivity contribution is 0.311.